The summed E-state index contributed by atoms with van der Waals surface area (Å²) in [5.74, 6) is 0.0715. The Morgan fingerprint density at radius 2 is 2.16 bits per heavy atom. The molecule has 1 atom stereocenters. The van der Waals surface area contributed by atoms with Crippen LogP contribution in [0.5, 0.6) is 5.75 Å². The second kappa shape index (κ2) is 7.70. The minimum Gasteiger partial charge on any atom is -0.508 e. The summed E-state index contributed by atoms with van der Waals surface area (Å²) >= 11 is 0. The number of phenols is 1. The highest BCUT2D eigenvalue weighted by molar-refractivity contribution is 5.94. The zero-order chi connectivity index (χ0) is 17.8. The average Bonchev–Trinajstić information content (AvgIpc) is 3.10. The molecule has 0 aliphatic carbocycles. The van der Waals surface area contributed by atoms with Crippen LogP contribution in [0.1, 0.15) is 42.4 Å². The molecule has 6 nitrogen and oxygen atoms in total. The molecular formula is C19H26N4O2. The lowest BCUT2D eigenvalue weighted by molar-refractivity contribution is 0.0667. The van der Waals surface area contributed by atoms with Crippen LogP contribution in [-0.2, 0) is 6.54 Å². The molecule has 0 spiro atoms. The Kier molecular flexibility index (Phi) is 5.38. The molecule has 6 heteroatoms. The summed E-state index contributed by atoms with van der Waals surface area (Å²) < 4.78 is 2.20. The number of hydrogen-bond acceptors (Lipinski definition) is 4. The minimum atomic E-state index is -0.0452. The Bertz CT molecular complexity index is 724. The van der Waals surface area contributed by atoms with Gasteiger partial charge in [0.15, 0.2) is 0 Å². The van der Waals surface area contributed by atoms with Crippen LogP contribution in [0.2, 0.25) is 0 Å². The molecule has 0 saturated heterocycles. The van der Waals surface area contributed by atoms with Crippen LogP contribution in [0.15, 0.2) is 36.8 Å². The summed E-state index contributed by atoms with van der Waals surface area (Å²) in [6, 6.07) is 6.79. The van der Waals surface area contributed by atoms with Crippen molar-refractivity contribution in [3.63, 3.8) is 0 Å². The molecule has 2 heterocycles. The van der Waals surface area contributed by atoms with Gasteiger partial charge in [0, 0.05) is 24.8 Å². The molecule has 3 rings (SSSR count). The third-order valence-electron chi connectivity index (χ3n) is 4.98. The van der Waals surface area contributed by atoms with E-state index in [1.165, 1.54) is 6.07 Å². The lowest BCUT2D eigenvalue weighted by Crippen LogP contribution is -2.41. The molecule has 1 amide bonds. The number of imidazole rings is 1. The quantitative estimate of drug-likeness (QED) is 0.876. The zero-order valence-corrected chi connectivity index (χ0v) is 14.9. The first-order valence-electron chi connectivity index (χ1n) is 8.93. The van der Waals surface area contributed by atoms with Crippen LogP contribution in [-0.4, -0.2) is 56.5 Å². The van der Waals surface area contributed by atoms with Crippen molar-refractivity contribution < 1.29 is 9.90 Å². The number of amides is 1. The van der Waals surface area contributed by atoms with E-state index < -0.39 is 0 Å². The van der Waals surface area contributed by atoms with Crippen molar-refractivity contribution in [1.29, 1.82) is 0 Å². The maximum atomic E-state index is 12.9. The van der Waals surface area contributed by atoms with E-state index in [1.54, 1.807) is 18.2 Å². The predicted molar refractivity (Wildman–Crippen MR) is 96.5 cm³/mol. The molecule has 1 aliphatic rings. The van der Waals surface area contributed by atoms with Crippen LogP contribution in [0.25, 0.3) is 0 Å². The molecular weight excluding hydrogens is 316 g/mol. The number of carbonyl (C=O) groups is 1. The van der Waals surface area contributed by atoms with E-state index >= 15 is 0 Å². The topological polar surface area (TPSA) is 61.6 Å². The Morgan fingerprint density at radius 1 is 1.36 bits per heavy atom. The molecule has 1 aromatic carbocycles. The highest BCUT2D eigenvalue weighted by atomic mass is 16.3. The van der Waals surface area contributed by atoms with E-state index in [4.69, 9.17) is 0 Å². The monoisotopic (exact) mass is 342 g/mol. The van der Waals surface area contributed by atoms with Gasteiger partial charge in [-0.05, 0) is 37.7 Å². The lowest BCUT2D eigenvalue weighted by atomic mass is 10.1. The number of phenolic OH excluding ortho intramolecular Hbond substituents is 1. The van der Waals surface area contributed by atoms with Gasteiger partial charge in [-0.3, -0.25) is 4.79 Å². The molecule has 25 heavy (non-hydrogen) atoms. The fourth-order valence-corrected chi connectivity index (χ4v) is 3.46. The van der Waals surface area contributed by atoms with Gasteiger partial charge in [-0.15, -0.1) is 0 Å². The molecule has 2 aromatic rings. The van der Waals surface area contributed by atoms with Crippen LogP contribution >= 0.6 is 0 Å². The van der Waals surface area contributed by atoms with Crippen molar-refractivity contribution in [3.8, 4) is 5.75 Å². The Labute approximate surface area is 148 Å². The van der Waals surface area contributed by atoms with Gasteiger partial charge < -0.3 is 19.5 Å². The van der Waals surface area contributed by atoms with Crippen molar-refractivity contribution in [2.24, 2.45) is 0 Å². The molecule has 0 unspecified atom stereocenters. The second-order valence-corrected chi connectivity index (χ2v) is 6.50. The second-order valence-electron chi connectivity index (χ2n) is 6.50. The summed E-state index contributed by atoms with van der Waals surface area (Å²) in [6.45, 7) is 8.63. The number of hydrogen-bond donors (Lipinski definition) is 1. The minimum absolute atomic E-state index is 0.0452. The number of rotatable bonds is 6. The van der Waals surface area contributed by atoms with Gasteiger partial charge in [-0.25, -0.2) is 4.98 Å². The van der Waals surface area contributed by atoms with E-state index in [0.29, 0.717) is 18.7 Å². The fraction of sp³-hybridized carbons (Fsp3) is 0.474. The van der Waals surface area contributed by atoms with E-state index in [0.717, 1.165) is 31.7 Å². The first kappa shape index (κ1) is 17.5. The van der Waals surface area contributed by atoms with E-state index in [-0.39, 0.29) is 17.7 Å². The molecule has 0 bridgehead atoms. The van der Waals surface area contributed by atoms with Crippen molar-refractivity contribution in [2.75, 3.05) is 26.2 Å². The van der Waals surface area contributed by atoms with Crippen LogP contribution in [0, 0.1) is 0 Å². The van der Waals surface area contributed by atoms with Crippen LogP contribution < -0.4 is 0 Å². The Morgan fingerprint density at radius 3 is 2.88 bits per heavy atom. The summed E-state index contributed by atoms with van der Waals surface area (Å²) in [7, 11) is 0. The standard InChI is InChI=1S/C19H26N4O2/c1-3-21(4-2)9-8-16-12-22(13-17-11-20-14-23(16)17)19(25)15-6-5-7-18(24)10-15/h5-7,10-11,14,16,24H,3-4,8-9,12-13H2,1-2H3/t16-/m1/s1. The number of fused-ring (bicyclic) bond motifs is 1. The highest BCUT2D eigenvalue weighted by Crippen LogP contribution is 2.25. The Hall–Kier alpha value is -2.34. The van der Waals surface area contributed by atoms with Crippen molar-refractivity contribution in [3.05, 3.63) is 48.0 Å². The molecule has 1 aromatic heterocycles. The number of aromatic hydroxyl groups is 1. The van der Waals surface area contributed by atoms with E-state index in [9.17, 15) is 9.90 Å². The van der Waals surface area contributed by atoms with Gasteiger partial charge in [0.05, 0.1) is 24.6 Å². The Balaban J connectivity index is 1.76. The zero-order valence-electron chi connectivity index (χ0n) is 14.9. The highest BCUT2D eigenvalue weighted by Gasteiger charge is 2.28. The molecule has 0 radical (unpaired) electrons. The largest absolute Gasteiger partial charge is 0.508 e. The predicted octanol–water partition coefficient (Wildman–Crippen LogP) is 2.52. The lowest BCUT2D eigenvalue weighted by Gasteiger charge is -2.35. The smallest absolute Gasteiger partial charge is 0.254 e. The van der Waals surface area contributed by atoms with Gasteiger partial charge >= 0.3 is 0 Å². The first-order valence-corrected chi connectivity index (χ1v) is 8.93. The van der Waals surface area contributed by atoms with Crippen molar-refractivity contribution in [1.82, 2.24) is 19.4 Å². The van der Waals surface area contributed by atoms with Gasteiger partial charge in [0.2, 0.25) is 0 Å². The molecule has 0 saturated carbocycles. The SMILES string of the molecule is CCN(CC)CC[C@@H]1CN(C(=O)c2cccc(O)c2)Cc2cncn21. The number of carbonyl (C=O) groups excluding carboxylic acids is 1. The van der Waals surface area contributed by atoms with Gasteiger partial charge in [-0.2, -0.15) is 0 Å². The number of nitrogens with zero attached hydrogens (tertiary/aromatic N) is 4. The summed E-state index contributed by atoms with van der Waals surface area (Å²) in [6.07, 6.45) is 4.69. The first-order chi connectivity index (χ1) is 12.1. The van der Waals surface area contributed by atoms with Gasteiger partial charge in [0.1, 0.15) is 5.75 Å². The average molecular weight is 342 g/mol. The summed E-state index contributed by atoms with van der Waals surface area (Å²) in [4.78, 5) is 21.4. The molecule has 134 valence electrons. The molecule has 1 aliphatic heterocycles. The van der Waals surface area contributed by atoms with E-state index in [1.807, 2.05) is 17.4 Å². The van der Waals surface area contributed by atoms with E-state index in [2.05, 4.69) is 28.3 Å². The van der Waals surface area contributed by atoms with Gasteiger partial charge in [-0.1, -0.05) is 19.9 Å². The fourth-order valence-electron chi connectivity index (χ4n) is 3.46. The number of benzene rings is 1. The third kappa shape index (κ3) is 3.85. The number of aromatic nitrogens is 2. The van der Waals surface area contributed by atoms with Crippen LogP contribution in [0.3, 0.4) is 0 Å². The summed E-state index contributed by atoms with van der Waals surface area (Å²) in [5.41, 5.74) is 1.58. The summed E-state index contributed by atoms with van der Waals surface area (Å²) in [5, 5.41) is 9.65. The van der Waals surface area contributed by atoms with Gasteiger partial charge in [0.25, 0.3) is 5.91 Å². The van der Waals surface area contributed by atoms with Crippen LogP contribution in [0.4, 0.5) is 0 Å². The molecule has 0 fully saturated rings. The third-order valence-corrected chi connectivity index (χ3v) is 4.98. The normalized spacial score (nSPS) is 16.9. The maximum Gasteiger partial charge on any atom is 0.254 e. The maximum absolute atomic E-state index is 12.9. The van der Waals surface area contributed by atoms with Crippen molar-refractivity contribution in [2.45, 2.75) is 32.9 Å². The van der Waals surface area contributed by atoms with Crippen molar-refractivity contribution >= 4 is 5.91 Å². The molecule has 1 N–H and O–H groups in total.